The molecular formula is C53H96O6. The zero-order valence-corrected chi connectivity index (χ0v) is 39.3. The van der Waals surface area contributed by atoms with E-state index >= 15 is 0 Å². The standard InChI is InChI=1S/C53H96O6/c1-4-7-10-13-16-19-22-25-26-29-31-34-37-40-43-46-52(55)58-49-50(59-53(56)47-44-41-38-35-32-28-24-21-18-15-12-9-6-3)48-57-51(54)45-42-39-36-33-30-27-23-20-17-14-11-8-5-2/h12,15,20-21,23-24,50H,4-11,13-14,16-19,22,25-49H2,1-3H3/b15-12-,23-20-,24-21-. The van der Waals surface area contributed by atoms with Crippen molar-refractivity contribution in [2.45, 2.75) is 271 Å². The molecule has 0 aliphatic carbocycles. The molecule has 0 rings (SSSR count). The molecule has 0 aliphatic rings. The Bertz CT molecular complexity index is 1000. The zero-order chi connectivity index (χ0) is 43.0. The summed E-state index contributed by atoms with van der Waals surface area (Å²) in [7, 11) is 0. The molecule has 1 unspecified atom stereocenters. The van der Waals surface area contributed by atoms with Gasteiger partial charge in [0, 0.05) is 19.3 Å². The SMILES string of the molecule is CCC/C=C\C/C=C\CCCCCCCC(=O)OC(COC(=O)CCCCCCC/C=C\CCCCCC)COC(=O)CCCCCCCCCCCCCCCCC. The quantitative estimate of drug-likeness (QED) is 0.0263. The van der Waals surface area contributed by atoms with Crippen LogP contribution in [-0.4, -0.2) is 37.2 Å². The summed E-state index contributed by atoms with van der Waals surface area (Å²) in [6.07, 6.45) is 55.5. The molecule has 0 bridgehead atoms. The highest BCUT2D eigenvalue weighted by atomic mass is 16.6. The maximum atomic E-state index is 12.8. The first-order valence-corrected chi connectivity index (χ1v) is 25.5. The largest absolute Gasteiger partial charge is 0.462 e. The fourth-order valence-corrected chi connectivity index (χ4v) is 7.24. The molecule has 344 valence electrons. The van der Waals surface area contributed by atoms with Crippen LogP contribution in [0.1, 0.15) is 265 Å². The van der Waals surface area contributed by atoms with Gasteiger partial charge in [-0.1, -0.05) is 211 Å². The number of carbonyl (C=O) groups is 3. The lowest BCUT2D eigenvalue weighted by Crippen LogP contribution is -2.30. The van der Waals surface area contributed by atoms with E-state index in [1.807, 2.05) is 0 Å². The second-order valence-corrected chi connectivity index (χ2v) is 17.1. The van der Waals surface area contributed by atoms with Gasteiger partial charge < -0.3 is 14.2 Å². The molecule has 0 aromatic heterocycles. The average Bonchev–Trinajstić information content (AvgIpc) is 3.23. The predicted octanol–water partition coefficient (Wildman–Crippen LogP) is 16.5. The van der Waals surface area contributed by atoms with Gasteiger partial charge in [0.05, 0.1) is 0 Å². The summed E-state index contributed by atoms with van der Waals surface area (Å²) < 4.78 is 16.8. The van der Waals surface area contributed by atoms with Crippen LogP contribution in [0.2, 0.25) is 0 Å². The van der Waals surface area contributed by atoms with Crippen LogP contribution in [0.4, 0.5) is 0 Å². The van der Waals surface area contributed by atoms with Gasteiger partial charge in [0.25, 0.3) is 0 Å². The van der Waals surface area contributed by atoms with Crippen molar-refractivity contribution in [1.82, 2.24) is 0 Å². The Hall–Kier alpha value is -2.37. The molecule has 0 fully saturated rings. The van der Waals surface area contributed by atoms with Crippen molar-refractivity contribution in [3.63, 3.8) is 0 Å². The zero-order valence-electron chi connectivity index (χ0n) is 39.3. The van der Waals surface area contributed by atoms with E-state index in [-0.39, 0.29) is 31.1 Å². The Morgan fingerprint density at radius 2 is 0.644 bits per heavy atom. The number of allylic oxidation sites excluding steroid dienone is 6. The van der Waals surface area contributed by atoms with E-state index in [0.29, 0.717) is 19.3 Å². The van der Waals surface area contributed by atoms with E-state index in [1.165, 1.54) is 128 Å². The fourth-order valence-electron chi connectivity index (χ4n) is 7.24. The minimum absolute atomic E-state index is 0.0777. The van der Waals surface area contributed by atoms with Crippen LogP contribution in [0, 0.1) is 0 Å². The third-order valence-corrected chi connectivity index (χ3v) is 11.1. The van der Waals surface area contributed by atoms with E-state index in [9.17, 15) is 14.4 Å². The van der Waals surface area contributed by atoms with Crippen LogP contribution in [0.3, 0.4) is 0 Å². The van der Waals surface area contributed by atoms with Gasteiger partial charge in [0.15, 0.2) is 6.10 Å². The molecule has 0 saturated carbocycles. The minimum atomic E-state index is -0.778. The molecule has 0 N–H and O–H groups in total. The second kappa shape index (κ2) is 48.3. The summed E-state index contributed by atoms with van der Waals surface area (Å²) in [6, 6.07) is 0. The van der Waals surface area contributed by atoms with Crippen molar-refractivity contribution in [2.75, 3.05) is 13.2 Å². The molecule has 0 radical (unpaired) electrons. The summed E-state index contributed by atoms with van der Waals surface area (Å²) >= 11 is 0. The van der Waals surface area contributed by atoms with Gasteiger partial charge in [-0.2, -0.15) is 0 Å². The Balaban J connectivity index is 4.37. The predicted molar refractivity (Wildman–Crippen MR) is 252 cm³/mol. The number of rotatable bonds is 46. The lowest BCUT2D eigenvalue weighted by molar-refractivity contribution is -0.167. The summed E-state index contributed by atoms with van der Waals surface area (Å²) in [5, 5.41) is 0. The van der Waals surface area contributed by atoms with Crippen LogP contribution in [0.15, 0.2) is 36.5 Å². The van der Waals surface area contributed by atoms with Gasteiger partial charge in [-0.3, -0.25) is 14.4 Å². The van der Waals surface area contributed by atoms with E-state index in [0.717, 1.165) is 96.3 Å². The highest BCUT2D eigenvalue weighted by Crippen LogP contribution is 2.15. The van der Waals surface area contributed by atoms with Gasteiger partial charge in [-0.15, -0.1) is 0 Å². The summed E-state index contributed by atoms with van der Waals surface area (Å²) in [4.78, 5) is 37.9. The van der Waals surface area contributed by atoms with E-state index in [1.54, 1.807) is 0 Å². The Morgan fingerprint density at radius 1 is 0.339 bits per heavy atom. The molecule has 0 heterocycles. The molecule has 1 atom stereocenters. The van der Waals surface area contributed by atoms with Gasteiger partial charge in [-0.05, 0) is 70.6 Å². The highest BCUT2D eigenvalue weighted by molar-refractivity contribution is 5.71. The fraction of sp³-hybridized carbons (Fsp3) is 0.830. The van der Waals surface area contributed by atoms with Crippen LogP contribution in [0.25, 0.3) is 0 Å². The first-order chi connectivity index (χ1) is 29.0. The maximum Gasteiger partial charge on any atom is 0.306 e. The number of hydrogen-bond donors (Lipinski definition) is 0. The lowest BCUT2D eigenvalue weighted by atomic mass is 10.0. The number of hydrogen-bond acceptors (Lipinski definition) is 6. The summed E-state index contributed by atoms with van der Waals surface area (Å²) in [6.45, 7) is 6.56. The average molecular weight is 829 g/mol. The lowest BCUT2D eigenvalue weighted by Gasteiger charge is -2.18. The van der Waals surface area contributed by atoms with Crippen molar-refractivity contribution >= 4 is 17.9 Å². The molecule has 0 amide bonds. The molecule has 0 aliphatic heterocycles. The van der Waals surface area contributed by atoms with Crippen molar-refractivity contribution in [1.29, 1.82) is 0 Å². The topological polar surface area (TPSA) is 78.9 Å². The highest BCUT2D eigenvalue weighted by Gasteiger charge is 2.19. The molecule has 0 spiro atoms. The van der Waals surface area contributed by atoms with Crippen LogP contribution in [-0.2, 0) is 28.6 Å². The molecule has 0 aromatic carbocycles. The van der Waals surface area contributed by atoms with Gasteiger partial charge in [0.1, 0.15) is 13.2 Å². The molecule has 0 aromatic rings. The smallest absolute Gasteiger partial charge is 0.306 e. The van der Waals surface area contributed by atoms with Crippen LogP contribution >= 0.6 is 0 Å². The van der Waals surface area contributed by atoms with Gasteiger partial charge in [0.2, 0.25) is 0 Å². The van der Waals surface area contributed by atoms with E-state index in [4.69, 9.17) is 14.2 Å². The number of carbonyl (C=O) groups excluding carboxylic acids is 3. The monoisotopic (exact) mass is 829 g/mol. The van der Waals surface area contributed by atoms with Crippen molar-refractivity contribution in [3.8, 4) is 0 Å². The van der Waals surface area contributed by atoms with Crippen molar-refractivity contribution in [3.05, 3.63) is 36.5 Å². The third kappa shape index (κ3) is 46.5. The minimum Gasteiger partial charge on any atom is -0.462 e. The van der Waals surface area contributed by atoms with Crippen LogP contribution in [0.5, 0.6) is 0 Å². The first-order valence-electron chi connectivity index (χ1n) is 25.5. The molecular weight excluding hydrogens is 733 g/mol. The van der Waals surface area contributed by atoms with Gasteiger partial charge >= 0.3 is 17.9 Å². The number of esters is 3. The van der Waals surface area contributed by atoms with E-state index in [2.05, 4.69) is 57.2 Å². The van der Waals surface area contributed by atoms with E-state index < -0.39 is 6.10 Å². The maximum absolute atomic E-state index is 12.8. The summed E-state index contributed by atoms with van der Waals surface area (Å²) in [5.41, 5.74) is 0. The normalized spacial score (nSPS) is 12.3. The third-order valence-electron chi connectivity index (χ3n) is 11.1. The Labute approximate surface area is 365 Å². The van der Waals surface area contributed by atoms with Gasteiger partial charge in [-0.25, -0.2) is 0 Å². The Kier molecular flexibility index (Phi) is 46.4. The number of unbranched alkanes of at least 4 members (excludes halogenated alkanes) is 29. The van der Waals surface area contributed by atoms with Crippen LogP contribution < -0.4 is 0 Å². The molecule has 59 heavy (non-hydrogen) atoms. The first kappa shape index (κ1) is 56.6. The summed E-state index contributed by atoms with van der Waals surface area (Å²) in [5.74, 6) is -0.892. The molecule has 0 saturated heterocycles. The van der Waals surface area contributed by atoms with Crippen molar-refractivity contribution in [2.24, 2.45) is 0 Å². The Morgan fingerprint density at radius 3 is 1.03 bits per heavy atom. The number of ether oxygens (including phenoxy) is 3. The second-order valence-electron chi connectivity index (χ2n) is 17.1. The molecule has 6 heteroatoms. The van der Waals surface area contributed by atoms with Crippen molar-refractivity contribution < 1.29 is 28.6 Å². The molecule has 6 nitrogen and oxygen atoms in total.